The molecule has 2 rings (SSSR count). The van der Waals surface area contributed by atoms with Gasteiger partial charge in [0.05, 0.1) is 6.54 Å². The molecule has 1 N–H and O–H groups in total. The van der Waals surface area contributed by atoms with Crippen LogP contribution in [-0.4, -0.2) is 16.1 Å². The minimum Gasteiger partial charge on any atom is -0.343 e. The Kier molecular flexibility index (Phi) is 4.34. The van der Waals surface area contributed by atoms with E-state index in [0.29, 0.717) is 5.92 Å². The third-order valence-corrected chi connectivity index (χ3v) is 3.34. The first kappa shape index (κ1) is 12.3. The van der Waals surface area contributed by atoms with Gasteiger partial charge in [0.25, 0.3) is 0 Å². The van der Waals surface area contributed by atoms with E-state index in [1.807, 2.05) is 11.6 Å². The molecule has 0 atom stereocenters. The second-order valence-corrected chi connectivity index (χ2v) is 5.56. The van der Waals surface area contributed by atoms with Gasteiger partial charge in [-0.25, -0.2) is 4.98 Å². The van der Waals surface area contributed by atoms with Crippen molar-refractivity contribution in [1.29, 1.82) is 0 Å². The molecule has 0 bridgehead atoms. The fourth-order valence-electron chi connectivity index (χ4n) is 1.73. The van der Waals surface area contributed by atoms with Gasteiger partial charge in [0.2, 0.25) is 0 Å². The molecular formula is C13H19N3S. The van der Waals surface area contributed by atoms with Crippen molar-refractivity contribution >= 4 is 11.3 Å². The molecule has 92 valence electrons. The summed E-state index contributed by atoms with van der Waals surface area (Å²) in [6.07, 6.45) is 3.98. The second kappa shape index (κ2) is 5.98. The van der Waals surface area contributed by atoms with E-state index in [1.165, 1.54) is 5.69 Å². The maximum Gasteiger partial charge on any atom is 0.112 e. The molecule has 0 aliphatic carbocycles. The van der Waals surface area contributed by atoms with Crippen LogP contribution in [0.2, 0.25) is 0 Å². The average molecular weight is 249 g/mol. The first-order valence-corrected chi connectivity index (χ1v) is 6.87. The molecule has 0 amide bonds. The zero-order valence-corrected chi connectivity index (χ0v) is 11.2. The molecule has 0 radical (unpaired) electrons. The molecular weight excluding hydrogens is 230 g/mol. The molecule has 0 saturated carbocycles. The van der Waals surface area contributed by atoms with Crippen molar-refractivity contribution in [3.8, 4) is 0 Å². The van der Waals surface area contributed by atoms with Crippen LogP contribution in [0.15, 0.2) is 29.9 Å². The predicted molar refractivity (Wildman–Crippen MR) is 72.2 cm³/mol. The number of nitrogens with zero attached hydrogens (tertiary/aromatic N) is 2. The Morgan fingerprint density at radius 3 is 3.06 bits per heavy atom. The highest BCUT2D eigenvalue weighted by molar-refractivity contribution is 7.09. The molecule has 0 unspecified atom stereocenters. The summed E-state index contributed by atoms with van der Waals surface area (Å²) in [5.41, 5.74) is 1.32. The summed E-state index contributed by atoms with van der Waals surface area (Å²) >= 11 is 1.71. The lowest BCUT2D eigenvalue weighted by Gasteiger charge is -2.10. The molecule has 3 nitrogen and oxygen atoms in total. The Morgan fingerprint density at radius 2 is 2.35 bits per heavy atom. The maximum absolute atomic E-state index is 4.32. The van der Waals surface area contributed by atoms with Crippen LogP contribution in [0.1, 0.15) is 24.5 Å². The monoisotopic (exact) mass is 249 g/mol. The van der Waals surface area contributed by atoms with Gasteiger partial charge in [0, 0.05) is 30.0 Å². The fourth-order valence-corrected chi connectivity index (χ4v) is 2.34. The normalized spacial score (nSPS) is 11.2. The molecule has 0 aromatic carbocycles. The molecule has 0 spiro atoms. The van der Waals surface area contributed by atoms with Crippen LogP contribution in [0.3, 0.4) is 0 Å². The van der Waals surface area contributed by atoms with Crippen LogP contribution in [0.5, 0.6) is 0 Å². The third kappa shape index (κ3) is 3.68. The number of rotatable bonds is 6. The Hall–Kier alpha value is -1.13. The molecule has 2 aromatic rings. The summed E-state index contributed by atoms with van der Waals surface area (Å²) in [4.78, 5) is 4.32. The fraction of sp³-hybridized carbons (Fsp3) is 0.462. The van der Waals surface area contributed by atoms with Gasteiger partial charge in [-0.3, -0.25) is 0 Å². The van der Waals surface area contributed by atoms with Gasteiger partial charge in [-0.05, 0) is 24.6 Å². The quantitative estimate of drug-likeness (QED) is 0.853. The van der Waals surface area contributed by atoms with E-state index in [-0.39, 0.29) is 0 Å². The van der Waals surface area contributed by atoms with Gasteiger partial charge in [-0.15, -0.1) is 11.3 Å². The Balaban J connectivity index is 1.92. The summed E-state index contributed by atoms with van der Waals surface area (Å²) < 4.78 is 2.26. The van der Waals surface area contributed by atoms with Crippen LogP contribution in [-0.2, 0) is 13.1 Å². The van der Waals surface area contributed by atoms with E-state index >= 15 is 0 Å². The van der Waals surface area contributed by atoms with Gasteiger partial charge in [-0.1, -0.05) is 13.8 Å². The molecule has 17 heavy (non-hydrogen) atoms. The minimum absolute atomic E-state index is 0.692. The summed E-state index contributed by atoms with van der Waals surface area (Å²) in [6.45, 7) is 7.31. The minimum atomic E-state index is 0.692. The van der Waals surface area contributed by atoms with Crippen molar-refractivity contribution in [3.63, 3.8) is 0 Å². The van der Waals surface area contributed by atoms with Crippen molar-refractivity contribution in [2.45, 2.75) is 26.9 Å². The average Bonchev–Trinajstić information content (AvgIpc) is 2.91. The predicted octanol–water partition coefficient (Wildman–Crippen LogP) is 2.74. The lowest BCUT2D eigenvalue weighted by atomic mass is 10.2. The lowest BCUT2D eigenvalue weighted by Crippen LogP contribution is -2.20. The van der Waals surface area contributed by atoms with Crippen molar-refractivity contribution in [2.75, 3.05) is 6.54 Å². The summed E-state index contributed by atoms with van der Waals surface area (Å²) in [5.74, 6) is 0.692. The van der Waals surface area contributed by atoms with Gasteiger partial charge in [-0.2, -0.15) is 0 Å². The highest BCUT2D eigenvalue weighted by Gasteiger charge is 2.03. The van der Waals surface area contributed by atoms with Crippen molar-refractivity contribution in [1.82, 2.24) is 14.9 Å². The van der Waals surface area contributed by atoms with Gasteiger partial charge < -0.3 is 9.88 Å². The third-order valence-electron chi connectivity index (χ3n) is 2.57. The summed E-state index contributed by atoms with van der Waals surface area (Å²) in [7, 11) is 0. The SMILES string of the molecule is CC(C)CNCc1cccn1Cc1nccs1. The molecule has 4 heteroatoms. The molecule has 0 aliphatic rings. The second-order valence-electron chi connectivity index (χ2n) is 4.58. The van der Waals surface area contributed by atoms with Crippen LogP contribution < -0.4 is 5.32 Å². The van der Waals surface area contributed by atoms with E-state index in [4.69, 9.17) is 0 Å². The largest absolute Gasteiger partial charge is 0.343 e. The van der Waals surface area contributed by atoms with Crippen LogP contribution in [0.4, 0.5) is 0 Å². The van der Waals surface area contributed by atoms with Crippen LogP contribution >= 0.6 is 11.3 Å². The Morgan fingerprint density at radius 1 is 1.47 bits per heavy atom. The van der Waals surface area contributed by atoms with E-state index in [1.54, 1.807) is 11.3 Å². The number of hydrogen-bond donors (Lipinski definition) is 1. The van der Waals surface area contributed by atoms with E-state index in [2.05, 4.69) is 47.0 Å². The molecule has 0 aliphatic heterocycles. The molecule has 0 saturated heterocycles. The Labute approximate surface area is 107 Å². The van der Waals surface area contributed by atoms with Crippen molar-refractivity contribution in [2.24, 2.45) is 5.92 Å². The molecule has 2 aromatic heterocycles. The number of hydrogen-bond acceptors (Lipinski definition) is 3. The van der Waals surface area contributed by atoms with Crippen molar-refractivity contribution < 1.29 is 0 Å². The Bertz CT molecular complexity index is 431. The van der Waals surface area contributed by atoms with Crippen LogP contribution in [0.25, 0.3) is 0 Å². The highest BCUT2D eigenvalue weighted by Crippen LogP contribution is 2.10. The topological polar surface area (TPSA) is 29.9 Å². The standard InChI is InChI=1S/C13H19N3S/c1-11(2)8-14-9-12-4-3-6-16(12)10-13-15-5-7-17-13/h3-7,11,14H,8-10H2,1-2H3. The number of thiazole rings is 1. The van der Waals surface area contributed by atoms with Gasteiger partial charge >= 0.3 is 0 Å². The number of aromatic nitrogens is 2. The van der Waals surface area contributed by atoms with Crippen molar-refractivity contribution in [3.05, 3.63) is 40.6 Å². The van der Waals surface area contributed by atoms with Gasteiger partial charge in [0.1, 0.15) is 5.01 Å². The summed E-state index contributed by atoms with van der Waals surface area (Å²) in [6, 6.07) is 4.26. The first-order chi connectivity index (χ1) is 8.25. The zero-order valence-electron chi connectivity index (χ0n) is 10.4. The van der Waals surface area contributed by atoms with E-state index in [0.717, 1.165) is 24.6 Å². The lowest BCUT2D eigenvalue weighted by molar-refractivity contribution is 0.539. The number of nitrogens with one attached hydrogen (secondary N) is 1. The molecule has 0 fully saturated rings. The maximum atomic E-state index is 4.32. The molecule has 2 heterocycles. The van der Waals surface area contributed by atoms with Crippen LogP contribution in [0, 0.1) is 5.92 Å². The zero-order chi connectivity index (χ0) is 12.1. The van der Waals surface area contributed by atoms with E-state index < -0.39 is 0 Å². The van der Waals surface area contributed by atoms with E-state index in [9.17, 15) is 0 Å². The smallest absolute Gasteiger partial charge is 0.112 e. The van der Waals surface area contributed by atoms with Gasteiger partial charge in [0.15, 0.2) is 0 Å². The highest BCUT2D eigenvalue weighted by atomic mass is 32.1. The summed E-state index contributed by atoms with van der Waals surface area (Å²) in [5, 5.41) is 6.65. The first-order valence-electron chi connectivity index (χ1n) is 5.99.